The second kappa shape index (κ2) is 6.60. The average Bonchev–Trinajstić information content (AvgIpc) is 2.47. The van der Waals surface area contributed by atoms with Crippen molar-refractivity contribution in [2.24, 2.45) is 0 Å². The summed E-state index contributed by atoms with van der Waals surface area (Å²) in [5.74, 6) is 1.13. The molecule has 0 fully saturated rings. The van der Waals surface area contributed by atoms with Crippen LogP contribution in [0.15, 0.2) is 12.4 Å². The van der Waals surface area contributed by atoms with Gasteiger partial charge >= 0.3 is 6.01 Å². The Labute approximate surface area is 116 Å². The summed E-state index contributed by atoms with van der Waals surface area (Å²) in [6.45, 7) is 4.96. The van der Waals surface area contributed by atoms with Crippen molar-refractivity contribution in [3.63, 3.8) is 0 Å². The number of hydrogen-bond acceptors (Lipinski definition) is 8. The molecule has 0 aliphatic heterocycles. The molecule has 0 spiro atoms. The number of nitrogens with one attached hydrogen (secondary N) is 1. The Bertz CT molecular complexity index is 553. The van der Waals surface area contributed by atoms with E-state index in [1.165, 1.54) is 13.3 Å². The highest BCUT2D eigenvalue weighted by atomic mass is 16.5. The maximum absolute atomic E-state index is 5.34. The van der Waals surface area contributed by atoms with E-state index in [9.17, 15) is 0 Å². The summed E-state index contributed by atoms with van der Waals surface area (Å²) in [6.07, 6.45) is 3.09. The Balaban J connectivity index is 2.48. The molecule has 0 saturated heterocycles. The Morgan fingerprint density at radius 1 is 1.10 bits per heavy atom. The van der Waals surface area contributed by atoms with Gasteiger partial charge < -0.3 is 14.8 Å². The molecule has 0 aliphatic rings. The highest BCUT2D eigenvalue weighted by Gasteiger charge is 2.15. The van der Waals surface area contributed by atoms with E-state index < -0.39 is 0 Å². The normalized spacial score (nSPS) is 10.2. The molecule has 1 N–H and O–H groups in total. The van der Waals surface area contributed by atoms with Gasteiger partial charge in [0.2, 0.25) is 11.8 Å². The summed E-state index contributed by atoms with van der Waals surface area (Å²) in [5.41, 5.74) is 0.442. The lowest BCUT2D eigenvalue weighted by Crippen LogP contribution is -2.08. The van der Waals surface area contributed by atoms with Gasteiger partial charge in [-0.3, -0.25) is 0 Å². The monoisotopic (exact) mass is 276 g/mol. The molecule has 20 heavy (non-hydrogen) atoms. The number of hydrogen-bond donors (Lipinski definition) is 1. The quantitative estimate of drug-likeness (QED) is 0.840. The fourth-order valence-corrected chi connectivity index (χ4v) is 1.52. The smallest absolute Gasteiger partial charge is 0.321 e. The fourth-order valence-electron chi connectivity index (χ4n) is 1.52. The minimum Gasteiger partial charge on any atom is -0.479 e. The van der Waals surface area contributed by atoms with Gasteiger partial charge in [0, 0.05) is 18.9 Å². The van der Waals surface area contributed by atoms with Crippen molar-refractivity contribution in [1.82, 2.24) is 24.9 Å². The molecule has 0 unspecified atom stereocenters. The number of ether oxygens (including phenoxy) is 2. The minimum absolute atomic E-state index is 0.237. The number of methoxy groups -OCH3 is 1. The molecule has 0 aliphatic carbocycles. The van der Waals surface area contributed by atoms with Gasteiger partial charge in [0.05, 0.1) is 13.7 Å². The second-order valence-electron chi connectivity index (χ2n) is 3.64. The van der Waals surface area contributed by atoms with E-state index in [0.29, 0.717) is 36.5 Å². The Hall–Kier alpha value is -2.51. The predicted molar refractivity (Wildman–Crippen MR) is 72.7 cm³/mol. The molecule has 106 valence electrons. The predicted octanol–water partition coefficient (Wildman–Crippen LogP) is 1.17. The number of aromatic nitrogens is 5. The second-order valence-corrected chi connectivity index (χ2v) is 3.64. The first kappa shape index (κ1) is 13.9. The van der Waals surface area contributed by atoms with E-state index in [4.69, 9.17) is 9.47 Å². The van der Waals surface area contributed by atoms with E-state index in [-0.39, 0.29) is 6.01 Å². The van der Waals surface area contributed by atoms with Crippen LogP contribution in [0.25, 0.3) is 11.5 Å². The first-order chi connectivity index (χ1) is 9.78. The molecule has 8 nitrogen and oxygen atoms in total. The van der Waals surface area contributed by atoms with Crippen LogP contribution in [-0.2, 0) is 0 Å². The minimum atomic E-state index is 0.237. The van der Waals surface area contributed by atoms with E-state index in [2.05, 4.69) is 30.2 Å². The Morgan fingerprint density at radius 3 is 2.60 bits per heavy atom. The van der Waals surface area contributed by atoms with Crippen molar-refractivity contribution < 1.29 is 9.47 Å². The summed E-state index contributed by atoms with van der Waals surface area (Å²) in [5, 5.41) is 3.02. The zero-order valence-electron chi connectivity index (χ0n) is 11.6. The molecule has 2 heterocycles. The molecule has 0 aromatic carbocycles. The number of anilines is 1. The zero-order chi connectivity index (χ0) is 14.4. The van der Waals surface area contributed by atoms with Gasteiger partial charge in [0.1, 0.15) is 0 Å². The SMILES string of the molecule is CCNc1nc(OCC)nc(-c2nccnc2OC)n1. The van der Waals surface area contributed by atoms with Crippen LogP contribution in [0.4, 0.5) is 5.95 Å². The van der Waals surface area contributed by atoms with Gasteiger partial charge in [0.15, 0.2) is 11.5 Å². The van der Waals surface area contributed by atoms with Gasteiger partial charge in [-0.2, -0.15) is 15.0 Å². The van der Waals surface area contributed by atoms with Gasteiger partial charge in [-0.1, -0.05) is 0 Å². The van der Waals surface area contributed by atoms with Crippen molar-refractivity contribution in [1.29, 1.82) is 0 Å². The summed E-state index contributed by atoms with van der Waals surface area (Å²) < 4.78 is 10.5. The molecule has 0 amide bonds. The lowest BCUT2D eigenvalue weighted by Gasteiger charge is -2.08. The molecule has 0 radical (unpaired) electrons. The van der Waals surface area contributed by atoms with Gasteiger partial charge in [-0.25, -0.2) is 9.97 Å². The van der Waals surface area contributed by atoms with Crippen LogP contribution in [0.3, 0.4) is 0 Å². The topological polar surface area (TPSA) is 94.9 Å². The molecule has 0 bridgehead atoms. The van der Waals surface area contributed by atoms with Crippen LogP contribution in [0.1, 0.15) is 13.8 Å². The van der Waals surface area contributed by atoms with E-state index in [1.54, 1.807) is 6.20 Å². The van der Waals surface area contributed by atoms with Crippen LogP contribution >= 0.6 is 0 Å². The number of rotatable bonds is 6. The standard InChI is InChI=1S/C12H16N6O2/c1-4-13-11-16-9(17-12(18-11)20-5-2)8-10(19-3)15-7-6-14-8/h6-7H,4-5H2,1-3H3,(H,13,16,17,18). The van der Waals surface area contributed by atoms with Crippen molar-refractivity contribution >= 4 is 5.95 Å². The third kappa shape index (κ3) is 3.08. The molecular weight excluding hydrogens is 260 g/mol. The van der Waals surface area contributed by atoms with E-state index in [1.807, 2.05) is 13.8 Å². The molecule has 2 aromatic heterocycles. The van der Waals surface area contributed by atoms with Crippen molar-refractivity contribution in [3.8, 4) is 23.4 Å². The van der Waals surface area contributed by atoms with Gasteiger partial charge in [-0.05, 0) is 13.8 Å². The Kier molecular flexibility index (Phi) is 4.59. The van der Waals surface area contributed by atoms with E-state index >= 15 is 0 Å². The van der Waals surface area contributed by atoms with Gasteiger partial charge in [0.25, 0.3) is 0 Å². The molecular formula is C12H16N6O2. The van der Waals surface area contributed by atoms with E-state index in [0.717, 1.165) is 0 Å². The number of nitrogens with zero attached hydrogens (tertiary/aromatic N) is 5. The largest absolute Gasteiger partial charge is 0.479 e. The first-order valence-electron chi connectivity index (χ1n) is 6.26. The van der Waals surface area contributed by atoms with Crippen LogP contribution < -0.4 is 14.8 Å². The molecule has 0 saturated carbocycles. The van der Waals surface area contributed by atoms with Crippen LogP contribution in [0.2, 0.25) is 0 Å². The summed E-state index contributed by atoms with van der Waals surface area (Å²) in [4.78, 5) is 20.9. The highest BCUT2D eigenvalue weighted by Crippen LogP contribution is 2.23. The highest BCUT2D eigenvalue weighted by molar-refractivity contribution is 5.57. The van der Waals surface area contributed by atoms with Crippen LogP contribution in [0.5, 0.6) is 11.9 Å². The first-order valence-corrected chi connectivity index (χ1v) is 6.26. The molecule has 8 heteroatoms. The Morgan fingerprint density at radius 2 is 1.90 bits per heavy atom. The molecule has 2 aromatic rings. The third-order valence-corrected chi connectivity index (χ3v) is 2.29. The third-order valence-electron chi connectivity index (χ3n) is 2.29. The van der Waals surface area contributed by atoms with Crippen molar-refractivity contribution in [2.45, 2.75) is 13.8 Å². The van der Waals surface area contributed by atoms with Crippen LogP contribution in [0, 0.1) is 0 Å². The van der Waals surface area contributed by atoms with Gasteiger partial charge in [-0.15, -0.1) is 0 Å². The lowest BCUT2D eigenvalue weighted by molar-refractivity contribution is 0.312. The van der Waals surface area contributed by atoms with Crippen molar-refractivity contribution in [3.05, 3.63) is 12.4 Å². The summed E-state index contributed by atoms with van der Waals surface area (Å²) >= 11 is 0. The average molecular weight is 276 g/mol. The summed E-state index contributed by atoms with van der Waals surface area (Å²) in [7, 11) is 1.52. The molecule has 0 atom stereocenters. The zero-order valence-corrected chi connectivity index (χ0v) is 11.6. The van der Waals surface area contributed by atoms with Crippen LogP contribution in [-0.4, -0.2) is 45.2 Å². The fraction of sp³-hybridized carbons (Fsp3) is 0.417. The summed E-state index contributed by atoms with van der Waals surface area (Å²) in [6, 6.07) is 0.237. The van der Waals surface area contributed by atoms with Crippen molar-refractivity contribution in [2.75, 3.05) is 25.6 Å². The lowest BCUT2D eigenvalue weighted by atomic mass is 10.4. The maximum Gasteiger partial charge on any atom is 0.321 e. The molecule has 2 rings (SSSR count). The maximum atomic E-state index is 5.34.